The van der Waals surface area contributed by atoms with Gasteiger partial charge in [0.05, 0.1) is 25.5 Å². The molecule has 1 aliphatic heterocycles. The van der Waals surface area contributed by atoms with Crippen LogP contribution in [0.4, 0.5) is 4.79 Å². The van der Waals surface area contributed by atoms with E-state index in [1.54, 1.807) is 36.8 Å². The fraction of sp³-hybridized carbons (Fsp3) is 0.368. The molecule has 148 valence electrons. The number of amides is 2. The van der Waals surface area contributed by atoms with Gasteiger partial charge in [0, 0.05) is 25.5 Å². The zero-order valence-corrected chi connectivity index (χ0v) is 15.5. The molecule has 2 heterocycles. The van der Waals surface area contributed by atoms with E-state index in [2.05, 4.69) is 15.0 Å². The van der Waals surface area contributed by atoms with Gasteiger partial charge in [-0.25, -0.2) is 14.6 Å². The summed E-state index contributed by atoms with van der Waals surface area (Å²) in [7, 11) is 1.31. The number of methoxy groups -OCH3 is 1. The standard InChI is InChI=1S/C19H22N4O5/c1-27-18(25)15-5-3-14(4-6-15)11-23-16(12-28-19(23)26)17(24)21-7-2-9-22-10-8-20-13-22/h3-6,8,10,13,16H,2,7,9,11-12H2,1H3,(H,21,24)/t16-/m0/s1. The predicted octanol–water partition coefficient (Wildman–Crippen LogP) is 1.20. The first-order valence-electron chi connectivity index (χ1n) is 8.92. The van der Waals surface area contributed by atoms with Crippen molar-refractivity contribution >= 4 is 18.0 Å². The molecule has 1 atom stereocenters. The van der Waals surface area contributed by atoms with Crippen LogP contribution in [-0.2, 0) is 27.4 Å². The van der Waals surface area contributed by atoms with Crippen LogP contribution in [0.3, 0.4) is 0 Å². The quantitative estimate of drug-likeness (QED) is 0.540. The normalized spacial score (nSPS) is 16.0. The van der Waals surface area contributed by atoms with E-state index in [0.29, 0.717) is 12.1 Å². The molecule has 3 rings (SSSR count). The summed E-state index contributed by atoms with van der Waals surface area (Å²) in [5.41, 5.74) is 1.20. The molecule has 1 aromatic heterocycles. The first-order valence-corrected chi connectivity index (χ1v) is 8.92. The number of cyclic esters (lactones) is 1. The van der Waals surface area contributed by atoms with Crippen molar-refractivity contribution in [3.05, 3.63) is 54.1 Å². The number of hydrogen-bond acceptors (Lipinski definition) is 6. The lowest BCUT2D eigenvalue weighted by atomic mass is 10.1. The Balaban J connectivity index is 1.53. The fourth-order valence-corrected chi connectivity index (χ4v) is 2.91. The molecule has 1 aromatic carbocycles. The lowest BCUT2D eigenvalue weighted by Gasteiger charge is -2.21. The van der Waals surface area contributed by atoms with E-state index in [1.807, 2.05) is 10.8 Å². The summed E-state index contributed by atoms with van der Waals surface area (Å²) in [4.78, 5) is 41.4. The molecular formula is C19H22N4O5. The van der Waals surface area contributed by atoms with Gasteiger partial charge in [0.1, 0.15) is 12.6 Å². The minimum Gasteiger partial charge on any atom is -0.465 e. The highest BCUT2D eigenvalue weighted by molar-refractivity contribution is 5.89. The number of nitrogens with one attached hydrogen (secondary N) is 1. The molecule has 2 aromatic rings. The number of benzene rings is 1. The van der Waals surface area contributed by atoms with E-state index in [1.165, 1.54) is 12.0 Å². The number of rotatable bonds is 8. The molecule has 0 unspecified atom stereocenters. The maximum atomic E-state index is 12.5. The van der Waals surface area contributed by atoms with Crippen molar-refractivity contribution in [3.63, 3.8) is 0 Å². The van der Waals surface area contributed by atoms with Crippen LogP contribution < -0.4 is 5.32 Å². The van der Waals surface area contributed by atoms with Crippen molar-refractivity contribution in [2.24, 2.45) is 0 Å². The molecule has 0 saturated carbocycles. The van der Waals surface area contributed by atoms with Gasteiger partial charge in [0.15, 0.2) is 0 Å². The highest BCUT2D eigenvalue weighted by Crippen LogP contribution is 2.17. The van der Waals surface area contributed by atoms with E-state index in [-0.39, 0.29) is 19.1 Å². The average Bonchev–Trinajstić information content (AvgIpc) is 3.35. The van der Waals surface area contributed by atoms with Gasteiger partial charge >= 0.3 is 12.1 Å². The summed E-state index contributed by atoms with van der Waals surface area (Å²) in [6, 6.07) is 6.00. The summed E-state index contributed by atoms with van der Waals surface area (Å²) in [5.74, 6) is -0.678. The number of aromatic nitrogens is 2. The van der Waals surface area contributed by atoms with E-state index >= 15 is 0 Å². The van der Waals surface area contributed by atoms with Gasteiger partial charge in [-0.1, -0.05) is 12.1 Å². The van der Waals surface area contributed by atoms with Crippen LogP contribution in [0.15, 0.2) is 43.0 Å². The van der Waals surface area contributed by atoms with Gasteiger partial charge in [-0.15, -0.1) is 0 Å². The smallest absolute Gasteiger partial charge is 0.410 e. The van der Waals surface area contributed by atoms with Crippen LogP contribution in [0, 0.1) is 0 Å². The highest BCUT2D eigenvalue weighted by atomic mass is 16.6. The highest BCUT2D eigenvalue weighted by Gasteiger charge is 2.37. The monoisotopic (exact) mass is 386 g/mol. The summed E-state index contributed by atoms with van der Waals surface area (Å²) in [5, 5.41) is 2.85. The number of aryl methyl sites for hydroxylation is 1. The van der Waals surface area contributed by atoms with E-state index in [0.717, 1.165) is 18.5 Å². The second kappa shape index (κ2) is 9.03. The lowest BCUT2D eigenvalue weighted by Crippen LogP contribution is -2.45. The van der Waals surface area contributed by atoms with Crippen molar-refractivity contribution < 1.29 is 23.9 Å². The SMILES string of the molecule is COC(=O)c1ccc(CN2C(=O)OC[C@H]2C(=O)NCCCn2ccnc2)cc1. The first kappa shape index (κ1) is 19.4. The zero-order chi connectivity index (χ0) is 19.9. The molecule has 2 amide bonds. The molecule has 28 heavy (non-hydrogen) atoms. The minimum absolute atomic E-state index is 0.0203. The van der Waals surface area contributed by atoms with Crippen LogP contribution in [0.1, 0.15) is 22.3 Å². The molecule has 1 saturated heterocycles. The Hall–Kier alpha value is -3.36. The maximum absolute atomic E-state index is 12.5. The van der Waals surface area contributed by atoms with Crippen molar-refractivity contribution in [2.75, 3.05) is 20.3 Å². The predicted molar refractivity (Wildman–Crippen MR) is 98.3 cm³/mol. The Bertz CT molecular complexity index is 819. The topological polar surface area (TPSA) is 103 Å². The van der Waals surface area contributed by atoms with Crippen LogP contribution >= 0.6 is 0 Å². The number of imidazole rings is 1. The van der Waals surface area contributed by atoms with E-state index in [4.69, 9.17) is 4.74 Å². The number of nitrogens with zero attached hydrogens (tertiary/aromatic N) is 3. The Labute approximate surface area is 162 Å². The van der Waals surface area contributed by atoms with Gasteiger partial charge in [0.2, 0.25) is 5.91 Å². The Morgan fingerprint density at radius 2 is 2.11 bits per heavy atom. The number of esters is 1. The molecular weight excluding hydrogens is 364 g/mol. The second-order valence-corrected chi connectivity index (χ2v) is 6.35. The first-order chi connectivity index (χ1) is 13.6. The second-order valence-electron chi connectivity index (χ2n) is 6.35. The molecule has 0 bridgehead atoms. The molecule has 1 fully saturated rings. The van der Waals surface area contributed by atoms with Crippen LogP contribution in [0.25, 0.3) is 0 Å². The molecule has 0 aliphatic carbocycles. The van der Waals surface area contributed by atoms with Gasteiger partial charge in [0.25, 0.3) is 0 Å². The zero-order valence-electron chi connectivity index (χ0n) is 15.5. The fourth-order valence-electron chi connectivity index (χ4n) is 2.91. The number of carbonyl (C=O) groups excluding carboxylic acids is 3. The van der Waals surface area contributed by atoms with E-state index < -0.39 is 18.1 Å². The summed E-state index contributed by atoms with van der Waals surface area (Å²) < 4.78 is 11.6. The van der Waals surface area contributed by atoms with Crippen molar-refractivity contribution in [3.8, 4) is 0 Å². The third kappa shape index (κ3) is 4.67. The van der Waals surface area contributed by atoms with Crippen LogP contribution in [-0.4, -0.2) is 58.7 Å². The van der Waals surface area contributed by atoms with Crippen LogP contribution in [0.5, 0.6) is 0 Å². The largest absolute Gasteiger partial charge is 0.465 e. The molecule has 9 heteroatoms. The molecule has 0 radical (unpaired) electrons. The number of hydrogen-bond donors (Lipinski definition) is 1. The van der Waals surface area contributed by atoms with Gasteiger partial charge in [-0.3, -0.25) is 9.69 Å². The van der Waals surface area contributed by atoms with Crippen molar-refractivity contribution in [2.45, 2.75) is 25.6 Å². The van der Waals surface area contributed by atoms with Crippen LogP contribution in [0.2, 0.25) is 0 Å². The van der Waals surface area contributed by atoms with Crippen molar-refractivity contribution in [1.82, 2.24) is 19.8 Å². The maximum Gasteiger partial charge on any atom is 0.410 e. The number of ether oxygens (including phenoxy) is 2. The lowest BCUT2D eigenvalue weighted by molar-refractivity contribution is -0.125. The third-order valence-corrected chi connectivity index (χ3v) is 4.46. The number of carbonyl (C=O) groups is 3. The molecule has 1 N–H and O–H groups in total. The van der Waals surface area contributed by atoms with Gasteiger partial charge in [-0.05, 0) is 24.1 Å². The van der Waals surface area contributed by atoms with E-state index in [9.17, 15) is 14.4 Å². The van der Waals surface area contributed by atoms with Crippen molar-refractivity contribution in [1.29, 1.82) is 0 Å². The Kier molecular flexibility index (Phi) is 6.25. The minimum atomic E-state index is -0.680. The summed E-state index contributed by atoms with van der Waals surface area (Å²) >= 11 is 0. The molecule has 0 spiro atoms. The van der Waals surface area contributed by atoms with Gasteiger partial charge in [-0.2, -0.15) is 0 Å². The summed E-state index contributed by atoms with van der Waals surface area (Å²) in [6.45, 7) is 1.47. The van der Waals surface area contributed by atoms with Gasteiger partial charge < -0.3 is 19.4 Å². The molecule has 1 aliphatic rings. The Morgan fingerprint density at radius 1 is 1.32 bits per heavy atom. The average molecular weight is 386 g/mol. The third-order valence-electron chi connectivity index (χ3n) is 4.46. The summed E-state index contributed by atoms with van der Waals surface area (Å²) in [6.07, 6.45) is 5.50. The Morgan fingerprint density at radius 3 is 2.79 bits per heavy atom. The molecule has 9 nitrogen and oxygen atoms in total.